The highest BCUT2D eigenvalue weighted by molar-refractivity contribution is 6.73. The van der Waals surface area contributed by atoms with Crippen molar-refractivity contribution < 1.29 is 76.9 Å². The predicted octanol–water partition coefficient (Wildman–Crippen LogP) is 5.83. The van der Waals surface area contributed by atoms with Gasteiger partial charge in [-0.3, -0.25) is 14.4 Å². The molecule has 12 atom stereocenters. The third kappa shape index (κ3) is 9.52. The number of ether oxygens (including phenoxy) is 6. The smallest absolute Gasteiger partial charge is 0.408 e. The van der Waals surface area contributed by atoms with E-state index in [1.165, 1.54) is 19.1 Å². The highest BCUT2D eigenvalue weighted by atomic mass is 28.4. The van der Waals surface area contributed by atoms with Gasteiger partial charge in [-0.05, 0) is 81.6 Å². The van der Waals surface area contributed by atoms with Crippen LogP contribution in [0.15, 0.2) is 71.8 Å². The van der Waals surface area contributed by atoms with E-state index in [1.807, 2.05) is 20.8 Å². The number of alkyl carbamates (subject to hydrolysis) is 1. The van der Waals surface area contributed by atoms with E-state index in [0.717, 1.165) is 13.8 Å². The van der Waals surface area contributed by atoms with Crippen molar-refractivity contribution in [2.75, 3.05) is 6.61 Å². The molecule has 2 aromatic carbocycles. The van der Waals surface area contributed by atoms with Gasteiger partial charge in [-0.1, -0.05) is 83.1 Å². The molecule has 69 heavy (non-hydrogen) atoms. The van der Waals surface area contributed by atoms with Gasteiger partial charge in [-0.25, -0.2) is 14.4 Å². The Bertz CT molecular complexity index is 2300. The fourth-order valence-corrected chi connectivity index (χ4v) is 14.0. The molecule has 1 heterocycles. The van der Waals surface area contributed by atoms with Crippen LogP contribution in [0.5, 0.6) is 0 Å². The molecule has 1 amide bonds. The van der Waals surface area contributed by atoms with E-state index in [-0.39, 0.29) is 16.7 Å². The molecule has 1 saturated heterocycles. The second-order valence-electron chi connectivity index (χ2n) is 20.6. The zero-order valence-corrected chi connectivity index (χ0v) is 42.7. The zero-order valence-electron chi connectivity index (χ0n) is 41.7. The first kappa shape index (κ1) is 53.4. The summed E-state index contributed by atoms with van der Waals surface area (Å²) >= 11 is 0. The minimum Gasteiger partial charge on any atom is -0.456 e. The summed E-state index contributed by atoms with van der Waals surface area (Å²) < 4.78 is 43.5. The summed E-state index contributed by atoms with van der Waals surface area (Å²) in [6, 6.07) is 17.1. The second-order valence-corrected chi connectivity index (χ2v) is 25.3. The number of rotatable bonds is 14. The highest BCUT2D eigenvalue weighted by Gasteiger charge is 2.80. The van der Waals surface area contributed by atoms with E-state index in [0.29, 0.717) is 23.7 Å². The summed E-state index contributed by atoms with van der Waals surface area (Å²) in [6.45, 7) is 18.7. The van der Waals surface area contributed by atoms with E-state index in [1.54, 1.807) is 90.1 Å². The van der Waals surface area contributed by atoms with E-state index in [2.05, 4.69) is 5.32 Å². The third-order valence-corrected chi connectivity index (χ3v) is 19.8. The lowest BCUT2D eigenvalue weighted by molar-refractivity contribution is -0.369. The Morgan fingerprint density at radius 1 is 0.870 bits per heavy atom. The largest absolute Gasteiger partial charge is 0.456 e. The van der Waals surface area contributed by atoms with Gasteiger partial charge >= 0.3 is 30.0 Å². The van der Waals surface area contributed by atoms with Crippen molar-refractivity contribution in [1.29, 1.82) is 0 Å². The van der Waals surface area contributed by atoms with Crippen molar-refractivity contribution in [3.8, 4) is 0 Å². The van der Waals surface area contributed by atoms with Gasteiger partial charge in [-0.2, -0.15) is 0 Å². The van der Waals surface area contributed by atoms with Gasteiger partial charge in [0.25, 0.3) is 0 Å². The van der Waals surface area contributed by atoms with Crippen molar-refractivity contribution in [3.63, 3.8) is 0 Å². The van der Waals surface area contributed by atoms with Crippen LogP contribution in [0, 0.1) is 16.7 Å². The van der Waals surface area contributed by atoms with Crippen molar-refractivity contribution >= 4 is 44.1 Å². The average Bonchev–Trinajstić information content (AvgIpc) is 3.27. The van der Waals surface area contributed by atoms with Crippen LogP contribution >= 0.6 is 0 Å². The molecule has 4 aliphatic rings. The molecule has 0 spiro atoms. The molecule has 2 aromatic rings. The van der Waals surface area contributed by atoms with Crippen LogP contribution in [0.25, 0.3) is 0 Å². The summed E-state index contributed by atoms with van der Waals surface area (Å²) in [5.41, 5.74) is -8.80. The minimum absolute atomic E-state index is 0.0340. The maximum Gasteiger partial charge on any atom is 0.408 e. The summed E-state index contributed by atoms with van der Waals surface area (Å²) in [5, 5.41) is 40.8. The van der Waals surface area contributed by atoms with Crippen LogP contribution in [0.4, 0.5) is 4.79 Å². The average molecular weight is 980 g/mol. The van der Waals surface area contributed by atoms with Crippen LogP contribution in [0.3, 0.4) is 0 Å². The summed E-state index contributed by atoms with van der Waals surface area (Å²) in [4.78, 5) is 85.7. The van der Waals surface area contributed by atoms with Gasteiger partial charge < -0.3 is 53.5 Å². The van der Waals surface area contributed by atoms with Gasteiger partial charge in [0.1, 0.15) is 35.6 Å². The van der Waals surface area contributed by atoms with Crippen LogP contribution in [0.2, 0.25) is 18.1 Å². The molecule has 17 nitrogen and oxygen atoms in total. The molecular formula is C51H69NO16Si. The first-order valence-corrected chi connectivity index (χ1v) is 26.2. The monoisotopic (exact) mass is 979 g/mol. The number of benzene rings is 2. The Kier molecular flexibility index (Phi) is 15.2. The summed E-state index contributed by atoms with van der Waals surface area (Å²) in [7, 11) is -2.78. The Balaban J connectivity index is 1.61. The Morgan fingerprint density at radius 3 is 1.96 bits per heavy atom. The first-order valence-electron chi connectivity index (χ1n) is 23.7. The fraction of sp³-hybridized carbons (Fsp3) is 0.608. The van der Waals surface area contributed by atoms with Gasteiger partial charge in [0, 0.05) is 25.7 Å². The van der Waals surface area contributed by atoms with E-state index in [9.17, 15) is 34.5 Å². The zero-order chi connectivity index (χ0) is 51.2. The molecule has 4 N–H and O–H groups in total. The number of nitrogens with one attached hydrogen (secondary N) is 1. The minimum atomic E-state index is -2.78. The maximum absolute atomic E-state index is 15.8. The summed E-state index contributed by atoms with van der Waals surface area (Å²) in [5.74, 6) is -6.45. The topological polar surface area (TPSA) is 240 Å². The molecular weight excluding hydrogens is 911 g/mol. The lowest BCUT2D eigenvalue weighted by Gasteiger charge is -2.68. The van der Waals surface area contributed by atoms with E-state index < -0.39 is 139 Å². The van der Waals surface area contributed by atoms with Gasteiger partial charge in [0.05, 0.1) is 35.6 Å². The second kappa shape index (κ2) is 19.7. The number of esters is 4. The van der Waals surface area contributed by atoms with Crippen molar-refractivity contribution in [3.05, 3.63) is 82.9 Å². The number of carbonyl (C=O) groups is 6. The molecule has 0 unspecified atom stereocenters. The number of amides is 1. The lowest BCUT2D eigenvalue weighted by atomic mass is 9.44. The molecule has 6 rings (SSSR count). The predicted molar refractivity (Wildman–Crippen MR) is 251 cm³/mol. The normalized spacial score (nSPS) is 31.5. The Morgan fingerprint density at radius 2 is 1.45 bits per heavy atom. The van der Waals surface area contributed by atoms with Gasteiger partial charge in [0.15, 0.2) is 31.9 Å². The number of carbonyl (C=O) groups excluding carboxylic acids is 6. The molecule has 2 saturated carbocycles. The number of hydrogen-bond donors (Lipinski definition) is 4. The number of ketones is 1. The van der Waals surface area contributed by atoms with Crippen LogP contribution in [-0.4, -0.2) is 126 Å². The lowest BCUT2D eigenvalue weighted by Crippen LogP contribution is -2.85. The molecule has 3 fully saturated rings. The van der Waals surface area contributed by atoms with Crippen molar-refractivity contribution in [2.45, 2.75) is 173 Å². The van der Waals surface area contributed by atoms with Gasteiger partial charge in [-0.15, -0.1) is 0 Å². The molecule has 0 aromatic heterocycles. The highest BCUT2D eigenvalue weighted by Crippen LogP contribution is 2.64. The molecule has 18 heteroatoms. The summed E-state index contributed by atoms with van der Waals surface area (Å²) in [6.07, 6.45) is -13.6. The first-order chi connectivity index (χ1) is 32.2. The number of aliphatic hydroxyl groups is 3. The SMILES string of the molecule is CC[Si](CC)(CC)O[C@@H](C(=O)O[C@H]1C[C@@]2(O)[C@@H](OC(=O)c3ccccc3)[C@@H]3[C@]4(OC(C)=O)CO[C@@H]4[C@H](O)[C@H](O)[C@@]3(C)C(=O)[C@H](OC(C)=O)C(=C1C)C2(C)C)[C@@H](NC(=O)OC(C)(C)C)c1ccccc1. The Hall–Kier alpha value is -4.98. The third-order valence-electron chi connectivity index (χ3n) is 15.2. The van der Waals surface area contributed by atoms with Crippen molar-refractivity contribution in [2.24, 2.45) is 16.7 Å². The van der Waals surface area contributed by atoms with Crippen LogP contribution in [0.1, 0.15) is 111 Å². The Labute approximate surface area is 404 Å². The fourth-order valence-electron chi connectivity index (χ4n) is 11.3. The van der Waals surface area contributed by atoms with E-state index in [4.69, 9.17) is 32.8 Å². The quantitative estimate of drug-likeness (QED) is 0.0754. The van der Waals surface area contributed by atoms with Crippen LogP contribution < -0.4 is 5.32 Å². The molecule has 0 radical (unpaired) electrons. The van der Waals surface area contributed by atoms with Gasteiger partial charge in [0.2, 0.25) is 0 Å². The maximum atomic E-state index is 15.8. The van der Waals surface area contributed by atoms with Crippen LogP contribution in [-0.2, 0) is 52.0 Å². The van der Waals surface area contributed by atoms with E-state index >= 15 is 9.59 Å². The molecule has 1 aliphatic heterocycles. The number of fused-ring (bicyclic) bond motifs is 5. The number of aliphatic hydroxyl groups excluding tert-OH is 2. The standard InChI is InChI=1S/C51H69NO16Si/c1-13-69(14-2,15-3)68-38(35(31-22-18-16-19-23-31)52-46(60)67-47(7,8)9)45(59)64-33-26-51(61)43(65-44(58)32-24-20-17-21-25-32)39-49(12,40(56)36(55)42-50(39,27-62-42)66-30(6)54)41(57)37(63-29(5)53)34(28(33)4)48(51,10)11/h16-25,33,35-40,42-43,55-56,61H,13-15,26-27H2,1-12H3,(H,52,60)/t33-,35-,36+,37+,38+,39-,40-,42+,43-,49-,50+,51+/m0/s1. The number of Topliss-reactive ketones (excluding diaryl/α,β-unsaturated/α-hetero) is 1. The molecule has 378 valence electrons. The van der Waals surface area contributed by atoms with Crippen molar-refractivity contribution in [1.82, 2.24) is 5.32 Å². The molecule has 3 aliphatic carbocycles. The molecule has 2 bridgehead atoms. The number of hydrogen-bond acceptors (Lipinski definition) is 16.